The van der Waals surface area contributed by atoms with Gasteiger partial charge in [0.1, 0.15) is 5.82 Å². The normalized spacial score (nSPS) is 31.6. The molecular weight excluding hydrogens is 257 g/mol. The van der Waals surface area contributed by atoms with Gasteiger partial charge in [-0.05, 0) is 49.7 Å². The van der Waals surface area contributed by atoms with E-state index in [9.17, 15) is 14.3 Å². The van der Waals surface area contributed by atoms with Gasteiger partial charge in [0, 0.05) is 18.6 Å². The van der Waals surface area contributed by atoms with Crippen LogP contribution in [-0.2, 0) is 0 Å². The summed E-state index contributed by atoms with van der Waals surface area (Å²) in [5, 5.41) is 12.5. The Labute approximate surface area is 118 Å². The number of carbonyl (C=O) groups is 1. The fourth-order valence-corrected chi connectivity index (χ4v) is 3.95. The average Bonchev–Trinajstić information content (AvgIpc) is 3.02. The molecule has 2 saturated carbocycles. The number of aryl methyl sites for hydroxylation is 1. The molecule has 20 heavy (non-hydrogen) atoms. The van der Waals surface area contributed by atoms with Crippen LogP contribution >= 0.6 is 0 Å². The number of carbonyl (C=O) groups excluding carboxylic acids is 1. The van der Waals surface area contributed by atoms with Crippen LogP contribution in [0, 0.1) is 30.5 Å². The van der Waals surface area contributed by atoms with Crippen molar-refractivity contribution in [2.45, 2.75) is 32.2 Å². The highest BCUT2D eigenvalue weighted by molar-refractivity contribution is 5.95. The third-order valence-corrected chi connectivity index (χ3v) is 5.03. The quantitative estimate of drug-likeness (QED) is 0.890. The zero-order valence-electron chi connectivity index (χ0n) is 11.6. The van der Waals surface area contributed by atoms with E-state index < -0.39 is 5.82 Å². The van der Waals surface area contributed by atoms with Gasteiger partial charge in [-0.3, -0.25) is 4.79 Å². The summed E-state index contributed by atoms with van der Waals surface area (Å²) >= 11 is 0. The van der Waals surface area contributed by atoms with Crippen molar-refractivity contribution in [3.63, 3.8) is 0 Å². The van der Waals surface area contributed by atoms with E-state index in [0.29, 0.717) is 17.4 Å². The molecule has 108 valence electrons. The van der Waals surface area contributed by atoms with Crippen LogP contribution in [0.3, 0.4) is 0 Å². The number of nitrogens with one attached hydrogen (secondary N) is 1. The maximum atomic E-state index is 14.0. The first kappa shape index (κ1) is 13.6. The lowest BCUT2D eigenvalue weighted by Gasteiger charge is -2.30. The number of halogens is 1. The van der Waals surface area contributed by atoms with Gasteiger partial charge < -0.3 is 10.4 Å². The Balaban J connectivity index is 1.77. The summed E-state index contributed by atoms with van der Waals surface area (Å²) in [5.41, 5.74) is 0.578. The van der Waals surface area contributed by atoms with E-state index in [4.69, 9.17) is 0 Å². The fraction of sp³-hybridized carbons (Fsp3) is 0.562. The molecule has 4 heteroatoms. The second kappa shape index (κ2) is 5.17. The van der Waals surface area contributed by atoms with Gasteiger partial charge in [0.2, 0.25) is 0 Å². The first-order chi connectivity index (χ1) is 9.61. The number of fused-ring (bicyclic) bond motifs is 2. The molecule has 2 fully saturated rings. The zero-order chi connectivity index (χ0) is 14.3. The minimum Gasteiger partial charge on any atom is -0.396 e. The van der Waals surface area contributed by atoms with Gasteiger partial charge in [-0.1, -0.05) is 12.1 Å². The Kier molecular flexibility index (Phi) is 3.50. The molecule has 1 aromatic carbocycles. The molecule has 0 spiro atoms. The van der Waals surface area contributed by atoms with Crippen LogP contribution in [0.1, 0.15) is 35.2 Å². The van der Waals surface area contributed by atoms with Crippen molar-refractivity contribution >= 4 is 5.91 Å². The molecule has 0 radical (unpaired) electrons. The van der Waals surface area contributed by atoms with Crippen molar-refractivity contribution in [2.24, 2.45) is 17.8 Å². The molecule has 0 aliphatic heterocycles. The second-order valence-electron chi connectivity index (χ2n) is 6.12. The van der Waals surface area contributed by atoms with Crippen molar-refractivity contribution in [2.75, 3.05) is 6.61 Å². The summed E-state index contributed by atoms with van der Waals surface area (Å²) in [6.07, 6.45) is 3.32. The van der Waals surface area contributed by atoms with Crippen LogP contribution in [0.4, 0.5) is 4.39 Å². The Morgan fingerprint density at radius 1 is 1.40 bits per heavy atom. The Morgan fingerprint density at radius 2 is 2.15 bits per heavy atom. The summed E-state index contributed by atoms with van der Waals surface area (Å²) in [6, 6.07) is 4.85. The van der Waals surface area contributed by atoms with Crippen LogP contribution in [0.15, 0.2) is 18.2 Å². The lowest BCUT2D eigenvalue weighted by molar-refractivity contribution is 0.0857. The predicted molar refractivity (Wildman–Crippen MR) is 73.8 cm³/mol. The Morgan fingerprint density at radius 3 is 2.90 bits per heavy atom. The van der Waals surface area contributed by atoms with E-state index in [1.807, 2.05) is 0 Å². The Bertz CT molecular complexity index is 531. The third-order valence-electron chi connectivity index (χ3n) is 5.03. The maximum Gasteiger partial charge on any atom is 0.254 e. The SMILES string of the molecule is Cc1cccc(C(=O)NC2C3CCC(C3)C2CO)c1F. The molecule has 3 nitrogen and oxygen atoms in total. The smallest absolute Gasteiger partial charge is 0.254 e. The lowest BCUT2D eigenvalue weighted by Crippen LogP contribution is -2.45. The summed E-state index contributed by atoms with van der Waals surface area (Å²) in [4.78, 5) is 12.3. The molecule has 4 unspecified atom stereocenters. The van der Waals surface area contributed by atoms with Gasteiger partial charge in [-0.25, -0.2) is 4.39 Å². The van der Waals surface area contributed by atoms with E-state index in [1.165, 1.54) is 6.07 Å². The molecule has 2 N–H and O–H groups in total. The maximum absolute atomic E-state index is 14.0. The van der Waals surface area contributed by atoms with Gasteiger partial charge >= 0.3 is 0 Å². The molecule has 2 bridgehead atoms. The highest BCUT2D eigenvalue weighted by atomic mass is 19.1. The second-order valence-corrected chi connectivity index (χ2v) is 6.12. The molecule has 2 aliphatic rings. The highest BCUT2D eigenvalue weighted by Gasteiger charge is 2.47. The van der Waals surface area contributed by atoms with Crippen molar-refractivity contribution in [1.29, 1.82) is 0 Å². The van der Waals surface area contributed by atoms with Crippen molar-refractivity contribution in [3.8, 4) is 0 Å². The molecule has 2 aliphatic carbocycles. The fourth-order valence-electron chi connectivity index (χ4n) is 3.95. The van der Waals surface area contributed by atoms with Crippen LogP contribution in [0.25, 0.3) is 0 Å². The molecule has 0 aromatic heterocycles. The van der Waals surface area contributed by atoms with Gasteiger partial charge in [0.05, 0.1) is 5.56 Å². The van der Waals surface area contributed by atoms with E-state index in [2.05, 4.69) is 5.32 Å². The van der Waals surface area contributed by atoms with Gasteiger partial charge in [0.15, 0.2) is 0 Å². The molecule has 1 aromatic rings. The molecule has 0 saturated heterocycles. The van der Waals surface area contributed by atoms with Crippen molar-refractivity contribution in [3.05, 3.63) is 35.1 Å². The van der Waals surface area contributed by atoms with Crippen LogP contribution in [0.2, 0.25) is 0 Å². The zero-order valence-corrected chi connectivity index (χ0v) is 11.6. The third kappa shape index (κ3) is 2.12. The van der Waals surface area contributed by atoms with E-state index in [-0.39, 0.29) is 30.0 Å². The first-order valence-electron chi connectivity index (χ1n) is 7.28. The number of aliphatic hydroxyl groups excluding tert-OH is 1. The molecule has 0 heterocycles. The van der Waals surface area contributed by atoms with Crippen molar-refractivity contribution in [1.82, 2.24) is 5.32 Å². The summed E-state index contributed by atoms with van der Waals surface area (Å²) in [6.45, 7) is 1.75. The first-order valence-corrected chi connectivity index (χ1v) is 7.28. The number of hydrogen-bond donors (Lipinski definition) is 2. The van der Waals surface area contributed by atoms with Gasteiger partial charge in [-0.2, -0.15) is 0 Å². The number of rotatable bonds is 3. The molecular formula is C16H20FNO2. The van der Waals surface area contributed by atoms with E-state index in [0.717, 1.165) is 19.3 Å². The largest absolute Gasteiger partial charge is 0.396 e. The molecule has 4 atom stereocenters. The minimum atomic E-state index is -0.450. The topological polar surface area (TPSA) is 49.3 Å². The van der Waals surface area contributed by atoms with Crippen LogP contribution in [-0.4, -0.2) is 23.7 Å². The number of amides is 1. The lowest BCUT2D eigenvalue weighted by atomic mass is 9.85. The molecule has 3 rings (SSSR count). The number of benzene rings is 1. The van der Waals surface area contributed by atoms with Crippen LogP contribution in [0.5, 0.6) is 0 Å². The van der Waals surface area contributed by atoms with Crippen molar-refractivity contribution < 1.29 is 14.3 Å². The standard InChI is InChI=1S/C16H20FNO2/c1-9-3-2-4-12(14(9)17)16(20)18-15-11-6-5-10(7-11)13(15)8-19/h2-4,10-11,13,15,19H,5-8H2,1H3,(H,18,20). The molecule has 1 amide bonds. The summed E-state index contributed by atoms with van der Waals surface area (Å²) < 4.78 is 14.0. The van der Waals surface area contributed by atoms with E-state index >= 15 is 0 Å². The monoisotopic (exact) mass is 277 g/mol. The summed E-state index contributed by atoms with van der Waals surface area (Å²) in [7, 11) is 0. The number of hydrogen-bond acceptors (Lipinski definition) is 2. The van der Waals surface area contributed by atoms with Crippen LogP contribution < -0.4 is 5.32 Å². The summed E-state index contributed by atoms with van der Waals surface area (Å²) in [5.74, 6) is 0.271. The minimum absolute atomic E-state index is 0.00818. The predicted octanol–water partition coefficient (Wildman–Crippen LogP) is 2.27. The number of aliphatic hydroxyl groups is 1. The average molecular weight is 277 g/mol. The van der Waals surface area contributed by atoms with Gasteiger partial charge in [-0.15, -0.1) is 0 Å². The highest BCUT2D eigenvalue weighted by Crippen LogP contribution is 2.48. The van der Waals surface area contributed by atoms with Gasteiger partial charge in [0.25, 0.3) is 5.91 Å². The Hall–Kier alpha value is -1.42. The van der Waals surface area contributed by atoms with E-state index in [1.54, 1.807) is 19.1 Å².